The highest BCUT2D eigenvalue weighted by atomic mass is 32.1. The summed E-state index contributed by atoms with van der Waals surface area (Å²) in [5.74, 6) is 1.93. The Labute approximate surface area is 275 Å². The summed E-state index contributed by atoms with van der Waals surface area (Å²) in [5, 5.41) is 4.80. The summed E-state index contributed by atoms with van der Waals surface area (Å²) in [7, 11) is 0. The first-order valence-corrected chi connectivity index (χ1v) is 16.8. The average molecular weight is 621 g/mol. The van der Waals surface area contributed by atoms with Crippen molar-refractivity contribution in [3.63, 3.8) is 0 Å². The van der Waals surface area contributed by atoms with Crippen LogP contribution in [-0.4, -0.2) is 19.5 Å². The van der Waals surface area contributed by atoms with Crippen molar-refractivity contribution in [1.82, 2.24) is 19.5 Å². The number of rotatable bonds is 3. The first-order valence-electron chi connectivity index (χ1n) is 16.0. The van der Waals surface area contributed by atoms with Crippen molar-refractivity contribution in [3.05, 3.63) is 145 Å². The zero-order chi connectivity index (χ0) is 31.3. The minimum absolute atomic E-state index is 0.0911. The molecule has 47 heavy (non-hydrogen) atoms. The van der Waals surface area contributed by atoms with Gasteiger partial charge in [-0.3, -0.25) is 4.57 Å². The molecule has 0 atom stereocenters. The van der Waals surface area contributed by atoms with Crippen LogP contribution >= 0.6 is 11.3 Å². The molecule has 0 saturated carbocycles. The summed E-state index contributed by atoms with van der Waals surface area (Å²) in [4.78, 5) is 15.7. The molecule has 0 N–H and O–H groups in total. The monoisotopic (exact) mass is 620 g/mol. The van der Waals surface area contributed by atoms with Crippen molar-refractivity contribution in [2.45, 2.75) is 19.3 Å². The van der Waals surface area contributed by atoms with E-state index in [9.17, 15) is 0 Å². The van der Waals surface area contributed by atoms with Crippen LogP contribution < -0.4 is 0 Å². The molecule has 5 heteroatoms. The molecule has 1 aliphatic carbocycles. The fourth-order valence-electron chi connectivity index (χ4n) is 7.64. The SMILES string of the molecule is CC1(C)c2ccccc2-c2cc3c(cc21)c1ccccc1n3-c1nc(-c2ccccc2)nc(-c2cccc3sc4ccccc4c23)n1. The second kappa shape index (κ2) is 9.68. The molecule has 0 saturated heterocycles. The van der Waals surface area contributed by atoms with Crippen molar-refractivity contribution in [2.75, 3.05) is 0 Å². The number of hydrogen-bond acceptors (Lipinski definition) is 4. The standard InChI is InChI=1S/C42H28N4S/c1-42(2)32-19-9-6-15-26(32)30-24-35-31(23-33(30)42)27-16-7-10-20-34(27)46(35)41-44-39(25-13-4-3-5-14-25)43-40(45-41)29-18-12-22-37-38(29)28-17-8-11-21-36(28)47-37/h3-24H,1-2H3. The summed E-state index contributed by atoms with van der Waals surface area (Å²) in [6, 6.07) is 47.5. The van der Waals surface area contributed by atoms with Crippen molar-refractivity contribution in [1.29, 1.82) is 0 Å². The van der Waals surface area contributed by atoms with Crippen LogP contribution in [0.5, 0.6) is 0 Å². The van der Waals surface area contributed by atoms with Gasteiger partial charge in [0.2, 0.25) is 5.95 Å². The molecule has 3 aromatic heterocycles. The highest BCUT2D eigenvalue weighted by molar-refractivity contribution is 7.25. The Hall–Kier alpha value is -5.65. The van der Waals surface area contributed by atoms with Gasteiger partial charge in [0.25, 0.3) is 0 Å². The van der Waals surface area contributed by atoms with Crippen molar-refractivity contribution in [2.24, 2.45) is 0 Å². The summed E-state index contributed by atoms with van der Waals surface area (Å²) >= 11 is 1.81. The second-order valence-corrected chi connectivity index (χ2v) is 13.9. The number of aromatic nitrogens is 4. The quantitative estimate of drug-likeness (QED) is 0.197. The minimum atomic E-state index is -0.0911. The van der Waals surface area contributed by atoms with Gasteiger partial charge in [-0.1, -0.05) is 117 Å². The summed E-state index contributed by atoms with van der Waals surface area (Å²) in [6.45, 7) is 4.67. The van der Waals surface area contributed by atoms with E-state index in [1.54, 1.807) is 11.3 Å². The van der Waals surface area contributed by atoms with Gasteiger partial charge >= 0.3 is 0 Å². The van der Waals surface area contributed by atoms with E-state index in [2.05, 4.69) is 134 Å². The number of thiophene rings is 1. The summed E-state index contributed by atoms with van der Waals surface area (Å²) in [6.07, 6.45) is 0. The van der Waals surface area contributed by atoms with Gasteiger partial charge in [0.15, 0.2) is 11.6 Å². The predicted octanol–water partition coefficient (Wildman–Crippen LogP) is 11.0. The zero-order valence-electron chi connectivity index (χ0n) is 25.9. The van der Waals surface area contributed by atoms with Gasteiger partial charge in [0, 0.05) is 47.5 Å². The predicted molar refractivity (Wildman–Crippen MR) is 195 cm³/mol. The molecule has 0 fully saturated rings. The average Bonchev–Trinajstić information content (AvgIpc) is 3.73. The van der Waals surface area contributed by atoms with Gasteiger partial charge in [-0.05, 0) is 52.6 Å². The Bertz CT molecular complexity index is 2720. The smallest absolute Gasteiger partial charge is 0.238 e. The third kappa shape index (κ3) is 3.78. The fourth-order valence-corrected chi connectivity index (χ4v) is 8.77. The number of benzene rings is 6. The number of hydrogen-bond donors (Lipinski definition) is 0. The lowest BCUT2D eigenvalue weighted by atomic mass is 9.82. The Morgan fingerprint density at radius 3 is 2.11 bits per heavy atom. The fraction of sp³-hybridized carbons (Fsp3) is 0.0714. The maximum atomic E-state index is 5.32. The maximum Gasteiger partial charge on any atom is 0.238 e. The molecule has 222 valence electrons. The number of nitrogens with zero attached hydrogens (tertiary/aromatic N) is 4. The molecule has 10 rings (SSSR count). The Balaban J connectivity index is 1.31. The van der Waals surface area contributed by atoms with Crippen LogP contribution in [0.2, 0.25) is 0 Å². The zero-order valence-corrected chi connectivity index (χ0v) is 26.7. The molecular weight excluding hydrogens is 593 g/mol. The molecule has 0 radical (unpaired) electrons. The molecular formula is C42H28N4S. The third-order valence-electron chi connectivity index (χ3n) is 9.87. The van der Waals surface area contributed by atoms with Crippen LogP contribution in [0.1, 0.15) is 25.0 Å². The Kier molecular flexibility index (Phi) is 5.47. The lowest BCUT2D eigenvalue weighted by Crippen LogP contribution is -2.14. The normalized spacial score (nSPS) is 13.5. The van der Waals surface area contributed by atoms with E-state index in [4.69, 9.17) is 15.0 Å². The Morgan fingerprint density at radius 2 is 1.21 bits per heavy atom. The molecule has 0 bridgehead atoms. The van der Waals surface area contributed by atoms with Crippen LogP contribution in [0.3, 0.4) is 0 Å². The molecule has 0 aliphatic heterocycles. The van der Waals surface area contributed by atoms with Gasteiger partial charge in [-0.25, -0.2) is 4.98 Å². The summed E-state index contributed by atoms with van der Waals surface area (Å²) < 4.78 is 4.72. The van der Waals surface area contributed by atoms with E-state index in [1.165, 1.54) is 53.2 Å². The molecule has 0 amide bonds. The van der Waals surface area contributed by atoms with Gasteiger partial charge in [0.05, 0.1) is 11.0 Å². The number of para-hydroxylation sites is 1. The largest absolute Gasteiger partial charge is 0.278 e. The van der Waals surface area contributed by atoms with E-state index in [0.29, 0.717) is 17.6 Å². The van der Waals surface area contributed by atoms with Gasteiger partial charge in [-0.2, -0.15) is 9.97 Å². The van der Waals surface area contributed by atoms with Crippen molar-refractivity contribution in [3.8, 4) is 39.9 Å². The topological polar surface area (TPSA) is 43.6 Å². The highest BCUT2D eigenvalue weighted by Crippen LogP contribution is 2.51. The van der Waals surface area contributed by atoms with Gasteiger partial charge in [-0.15, -0.1) is 11.3 Å². The molecule has 4 nitrogen and oxygen atoms in total. The summed E-state index contributed by atoms with van der Waals surface area (Å²) in [5.41, 5.74) is 9.33. The van der Waals surface area contributed by atoms with E-state index in [1.807, 2.05) is 18.2 Å². The van der Waals surface area contributed by atoms with Crippen molar-refractivity contribution >= 4 is 53.3 Å². The van der Waals surface area contributed by atoms with Crippen LogP contribution in [-0.2, 0) is 5.41 Å². The van der Waals surface area contributed by atoms with E-state index >= 15 is 0 Å². The van der Waals surface area contributed by atoms with Gasteiger partial charge in [0.1, 0.15) is 0 Å². The molecule has 6 aromatic carbocycles. The molecule has 3 heterocycles. The maximum absolute atomic E-state index is 5.32. The van der Waals surface area contributed by atoms with Crippen molar-refractivity contribution < 1.29 is 0 Å². The van der Waals surface area contributed by atoms with E-state index in [-0.39, 0.29) is 5.41 Å². The van der Waals surface area contributed by atoms with E-state index in [0.717, 1.165) is 22.2 Å². The second-order valence-electron chi connectivity index (χ2n) is 12.9. The molecule has 0 unspecified atom stereocenters. The number of fused-ring (bicyclic) bond motifs is 9. The van der Waals surface area contributed by atoms with Crippen LogP contribution in [0, 0.1) is 0 Å². The first kappa shape index (κ1) is 26.6. The van der Waals surface area contributed by atoms with Gasteiger partial charge < -0.3 is 0 Å². The molecule has 1 aliphatic rings. The third-order valence-corrected chi connectivity index (χ3v) is 11.0. The van der Waals surface area contributed by atoms with E-state index < -0.39 is 0 Å². The highest BCUT2D eigenvalue weighted by Gasteiger charge is 2.36. The minimum Gasteiger partial charge on any atom is -0.278 e. The first-order chi connectivity index (χ1) is 23.1. The van der Waals surface area contributed by atoms with Crippen LogP contribution in [0.25, 0.3) is 81.8 Å². The lowest BCUT2D eigenvalue weighted by molar-refractivity contribution is 0.661. The van der Waals surface area contributed by atoms with Crippen LogP contribution in [0.4, 0.5) is 0 Å². The van der Waals surface area contributed by atoms with Crippen LogP contribution in [0.15, 0.2) is 133 Å². The lowest BCUT2D eigenvalue weighted by Gasteiger charge is -2.21. The Morgan fingerprint density at radius 1 is 0.511 bits per heavy atom. The molecule has 0 spiro atoms. The molecule has 9 aromatic rings.